The quantitative estimate of drug-likeness (QED) is 0.912. The topological polar surface area (TPSA) is 47.0 Å². The predicted octanol–water partition coefficient (Wildman–Crippen LogP) is 3.51. The van der Waals surface area contributed by atoms with Gasteiger partial charge in [0.25, 0.3) is 5.88 Å². The molecule has 0 aliphatic carbocycles. The Labute approximate surface area is 113 Å². The molecule has 1 heterocycles. The maximum absolute atomic E-state index is 13.5. The van der Waals surface area contributed by atoms with Crippen LogP contribution in [0.1, 0.15) is 13.3 Å². The molecular formula is C13H12F3N3O. The van der Waals surface area contributed by atoms with E-state index in [0.717, 1.165) is 18.7 Å². The average molecular weight is 283 g/mol. The van der Waals surface area contributed by atoms with Crippen LogP contribution < -0.4 is 10.1 Å². The Morgan fingerprint density at radius 3 is 2.75 bits per heavy atom. The van der Waals surface area contributed by atoms with Crippen molar-refractivity contribution >= 4 is 5.95 Å². The Morgan fingerprint density at radius 2 is 2.00 bits per heavy atom. The third kappa shape index (κ3) is 3.17. The van der Waals surface area contributed by atoms with Crippen molar-refractivity contribution < 1.29 is 17.9 Å². The molecule has 0 aliphatic heterocycles. The van der Waals surface area contributed by atoms with Crippen LogP contribution in [0.5, 0.6) is 11.6 Å². The summed E-state index contributed by atoms with van der Waals surface area (Å²) in [6.45, 7) is 2.54. The standard InChI is InChI=1S/C13H12F3N3O/c1-2-6-17-13-18-7-9(15)12(19-13)20-10-5-3-4-8(14)11(10)16/h3-5,7H,2,6H2,1H3,(H,17,18,19). The van der Waals surface area contributed by atoms with Crippen molar-refractivity contribution in [3.05, 3.63) is 41.8 Å². The molecule has 1 aromatic carbocycles. The second-order valence-corrected chi connectivity index (χ2v) is 3.93. The van der Waals surface area contributed by atoms with Gasteiger partial charge in [0.05, 0.1) is 6.20 Å². The molecule has 0 aliphatic rings. The number of halogens is 3. The molecule has 4 nitrogen and oxygen atoms in total. The summed E-state index contributed by atoms with van der Waals surface area (Å²) in [6.07, 6.45) is 1.73. The molecule has 0 bridgehead atoms. The van der Waals surface area contributed by atoms with Crippen LogP contribution in [0.15, 0.2) is 24.4 Å². The normalized spacial score (nSPS) is 10.4. The summed E-state index contributed by atoms with van der Waals surface area (Å²) >= 11 is 0. The van der Waals surface area contributed by atoms with Crippen LogP contribution in [0.25, 0.3) is 0 Å². The van der Waals surface area contributed by atoms with Gasteiger partial charge in [0.15, 0.2) is 11.6 Å². The Hall–Kier alpha value is -2.31. The largest absolute Gasteiger partial charge is 0.433 e. The van der Waals surface area contributed by atoms with E-state index in [1.807, 2.05) is 6.92 Å². The molecule has 0 atom stereocenters. The van der Waals surface area contributed by atoms with Crippen molar-refractivity contribution in [1.29, 1.82) is 0 Å². The first-order valence-corrected chi connectivity index (χ1v) is 6.00. The Morgan fingerprint density at radius 1 is 1.20 bits per heavy atom. The molecule has 0 saturated carbocycles. The van der Waals surface area contributed by atoms with Crippen LogP contribution in [-0.4, -0.2) is 16.5 Å². The first kappa shape index (κ1) is 14.1. The summed E-state index contributed by atoms with van der Waals surface area (Å²) in [7, 11) is 0. The minimum atomic E-state index is -1.20. The maximum Gasteiger partial charge on any atom is 0.260 e. The van der Waals surface area contributed by atoms with Crippen LogP contribution in [-0.2, 0) is 0 Å². The summed E-state index contributed by atoms with van der Waals surface area (Å²) in [5.41, 5.74) is 0. The summed E-state index contributed by atoms with van der Waals surface area (Å²) in [5, 5.41) is 2.84. The monoisotopic (exact) mass is 283 g/mol. The fourth-order valence-corrected chi connectivity index (χ4v) is 1.41. The summed E-state index contributed by atoms with van der Waals surface area (Å²) < 4.78 is 45.0. The molecule has 0 fully saturated rings. The molecule has 20 heavy (non-hydrogen) atoms. The van der Waals surface area contributed by atoms with Crippen molar-refractivity contribution in [1.82, 2.24) is 9.97 Å². The van der Waals surface area contributed by atoms with Crippen LogP contribution in [0, 0.1) is 17.5 Å². The van der Waals surface area contributed by atoms with Gasteiger partial charge in [-0.05, 0) is 18.6 Å². The van der Waals surface area contributed by atoms with E-state index >= 15 is 0 Å². The summed E-state index contributed by atoms with van der Waals surface area (Å²) in [4.78, 5) is 7.48. The highest BCUT2D eigenvalue weighted by Crippen LogP contribution is 2.26. The number of ether oxygens (including phenoxy) is 1. The Kier molecular flexibility index (Phi) is 4.39. The highest BCUT2D eigenvalue weighted by molar-refractivity contribution is 5.33. The molecule has 106 valence electrons. The molecule has 1 aromatic heterocycles. The van der Waals surface area contributed by atoms with Crippen LogP contribution in [0.3, 0.4) is 0 Å². The predicted molar refractivity (Wildman–Crippen MR) is 67.2 cm³/mol. The van der Waals surface area contributed by atoms with E-state index in [2.05, 4.69) is 15.3 Å². The highest BCUT2D eigenvalue weighted by Gasteiger charge is 2.14. The van der Waals surface area contributed by atoms with Crippen LogP contribution in [0.4, 0.5) is 19.1 Å². The molecule has 0 amide bonds. The fourth-order valence-electron chi connectivity index (χ4n) is 1.41. The number of aromatic nitrogens is 2. The SMILES string of the molecule is CCCNc1ncc(F)c(Oc2cccc(F)c2F)n1. The van der Waals surface area contributed by atoms with E-state index in [9.17, 15) is 13.2 Å². The van der Waals surface area contributed by atoms with Crippen molar-refractivity contribution in [3.63, 3.8) is 0 Å². The second kappa shape index (κ2) is 6.23. The highest BCUT2D eigenvalue weighted by atomic mass is 19.2. The smallest absolute Gasteiger partial charge is 0.260 e. The molecule has 0 saturated heterocycles. The number of hydrogen-bond acceptors (Lipinski definition) is 4. The van der Waals surface area contributed by atoms with Gasteiger partial charge < -0.3 is 10.1 Å². The van der Waals surface area contributed by atoms with Crippen molar-refractivity contribution in [2.24, 2.45) is 0 Å². The van der Waals surface area contributed by atoms with Gasteiger partial charge >= 0.3 is 0 Å². The van der Waals surface area contributed by atoms with Crippen LogP contribution in [0.2, 0.25) is 0 Å². The van der Waals surface area contributed by atoms with E-state index in [1.165, 1.54) is 12.1 Å². The van der Waals surface area contributed by atoms with Gasteiger partial charge in [-0.1, -0.05) is 13.0 Å². The third-order valence-electron chi connectivity index (χ3n) is 2.37. The third-order valence-corrected chi connectivity index (χ3v) is 2.37. The van der Waals surface area contributed by atoms with E-state index in [1.54, 1.807) is 0 Å². The van der Waals surface area contributed by atoms with E-state index in [0.29, 0.717) is 6.54 Å². The van der Waals surface area contributed by atoms with Crippen LogP contribution >= 0.6 is 0 Å². The second-order valence-electron chi connectivity index (χ2n) is 3.93. The number of hydrogen-bond donors (Lipinski definition) is 1. The van der Waals surface area contributed by atoms with Crippen molar-refractivity contribution in [2.45, 2.75) is 13.3 Å². The molecule has 0 spiro atoms. The number of benzene rings is 1. The number of nitrogens with zero attached hydrogens (tertiary/aromatic N) is 2. The van der Waals surface area contributed by atoms with Gasteiger partial charge in [-0.2, -0.15) is 13.8 Å². The lowest BCUT2D eigenvalue weighted by Crippen LogP contribution is -2.06. The van der Waals surface area contributed by atoms with Gasteiger partial charge in [0, 0.05) is 6.54 Å². The molecule has 1 N–H and O–H groups in total. The number of nitrogens with one attached hydrogen (secondary N) is 1. The zero-order chi connectivity index (χ0) is 14.5. The molecule has 2 aromatic rings. The fraction of sp³-hybridized carbons (Fsp3) is 0.231. The molecule has 7 heteroatoms. The minimum absolute atomic E-state index is 0.153. The first-order chi connectivity index (χ1) is 9.61. The van der Waals surface area contributed by atoms with E-state index in [4.69, 9.17) is 4.74 Å². The molecule has 2 rings (SSSR count). The minimum Gasteiger partial charge on any atom is -0.433 e. The Balaban J connectivity index is 2.26. The average Bonchev–Trinajstić information content (AvgIpc) is 2.44. The zero-order valence-corrected chi connectivity index (χ0v) is 10.7. The molecule has 0 radical (unpaired) electrons. The van der Waals surface area contributed by atoms with E-state index in [-0.39, 0.29) is 5.95 Å². The Bertz CT molecular complexity index is 607. The summed E-state index contributed by atoms with van der Waals surface area (Å²) in [5.74, 6) is -3.90. The number of anilines is 1. The number of rotatable bonds is 5. The maximum atomic E-state index is 13.5. The van der Waals surface area contributed by atoms with Crippen molar-refractivity contribution in [2.75, 3.05) is 11.9 Å². The zero-order valence-electron chi connectivity index (χ0n) is 10.7. The van der Waals surface area contributed by atoms with Gasteiger partial charge in [0.1, 0.15) is 0 Å². The lowest BCUT2D eigenvalue weighted by molar-refractivity contribution is 0.383. The molecule has 0 unspecified atom stereocenters. The van der Waals surface area contributed by atoms with Crippen molar-refractivity contribution in [3.8, 4) is 11.6 Å². The van der Waals surface area contributed by atoms with Gasteiger partial charge in [0.2, 0.25) is 17.6 Å². The molecular weight excluding hydrogens is 271 g/mol. The van der Waals surface area contributed by atoms with Gasteiger partial charge in [-0.3, -0.25) is 0 Å². The first-order valence-electron chi connectivity index (χ1n) is 6.00. The van der Waals surface area contributed by atoms with E-state index < -0.39 is 29.1 Å². The summed E-state index contributed by atoms with van der Waals surface area (Å²) in [6, 6.07) is 3.37. The van der Waals surface area contributed by atoms with Gasteiger partial charge in [-0.25, -0.2) is 9.37 Å². The lowest BCUT2D eigenvalue weighted by atomic mass is 10.3. The lowest BCUT2D eigenvalue weighted by Gasteiger charge is -2.08. The van der Waals surface area contributed by atoms with Gasteiger partial charge in [-0.15, -0.1) is 0 Å².